The van der Waals surface area contributed by atoms with Gasteiger partial charge in [-0.1, -0.05) is 0 Å². The highest BCUT2D eigenvalue weighted by Gasteiger charge is 2.25. The molecule has 3 rings (SSSR count). The molecular weight excluding hydrogens is 244 g/mol. The van der Waals surface area contributed by atoms with Crippen LogP contribution in [0.3, 0.4) is 0 Å². The molecule has 0 aliphatic carbocycles. The van der Waals surface area contributed by atoms with Gasteiger partial charge in [0.1, 0.15) is 5.82 Å². The Morgan fingerprint density at radius 1 is 1.47 bits per heavy atom. The maximum absolute atomic E-state index is 11.5. The lowest BCUT2D eigenvalue weighted by molar-refractivity contribution is 0.0656. The number of rotatable bonds is 3. The molecule has 19 heavy (non-hydrogen) atoms. The molecule has 0 radical (unpaired) electrons. The van der Waals surface area contributed by atoms with E-state index < -0.39 is 5.91 Å². The minimum Gasteiger partial charge on any atom is -0.381 e. The Balaban J connectivity index is 1.85. The fraction of sp³-hybridized carbons (Fsp3) is 0.692. The van der Waals surface area contributed by atoms with Crippen LogP contribution in [-0.2, 0) is 24.2 Å². The Kier molecular flexibility index (Phi) is 3.52. The highest BCUT2D eigenvalue weighted by atomic mass is 16.5. The largest absolute Gasteiger partial charge is 0.381 e. The fourth-order valence-corrected chi connectivity index (χ4v) is 2.94. The number of imidazole rings is 1. The molecule has 1 aromatic heterocycles. The molecule has 2 aliphatic heterocycles. The van der Waals surface area contributed by atoms with Crippen LogP contribution in [0.15, 0.2) is 0 Å². The minimum atomic E-state index is -0.425. The van der Waals surface area contributed by atoms with Gasteiger partial charge in [0.2, 0.25) is 0 Å². The Labute approximate surface area is 112 Å². The van der Waals surface area contributed by atoms with Crippen molar-refractivity contribution in [1.82, 2.24) is 14.9 Å². The normalized spacial score (nSPS) is 20.2. The van der Waals surface area contributed by atoms with E-state index in [1.165, 1.54) is 0 Å². The topological polar surface area (TPSA) is 82.2 Å². The van der Waals surface area contributed by atoms with E-state index in [0.29, 0.717) is 18.2 Å². The summed E-state index contributed by atoms with van der Waals surface area (Å²) in [6.07, 6.45) is 3.07. The molecule has 3 N–H and O–H groups in total. The van der Waals surface area contributed by atoms with E-state index in [1.54, 1.807) is 0 Å². The van der Waals surface area contributed by atoms with Crippen molar-refractivity contribution in [3.63, 3.8) is 0 Å². The van der Waals surface area contributed by atoms with Gasteiger partial charge in [-0.3, -0.25) is 4.79 Å². The summed E-state index contributed by atoms with van der Waals surface area (Å²) in [6.45, 7) is 4.14. The van der Waals surface area contributed by atoms with Gasteiger partial charge in [0, 0.05) is 39.3 Å². The minimum absolute atomic E-state index is 0.425. The first-order valence-corrected chi connectivity index (χ1v) is 6.92. The molecule has 2 aliphatic rings. The molecule has 1 fully saturated rings. The molecule has 6 nitrogen and oxygen atoms in total. The quantitative estimate of drug-likeness (QED) is 0.808. The summed E-state index contributed by atoms with van der Waals surface area (Å²) in [5.41, 5.74) is 6.81. The number of aromatic nitrogens is 2. The first-order chi connectivity index (χ1) is 9.25. The van der Waals surface area contributed by atoms with Crippen LogP contribution in [0.2, 0.25) is 0 Å². The zero-order chi connectivity index (χ0) is 13.2. The Morgan fingerprint density at radius 3 is 3.00 bits per heavy atom. The van der Waals surface area contributed by atoms with Crippen LogP contribution < -0.4 is 11.1 Å². The smallest absolute Gasteiger partial charge is 0.269 e. The number of nitrogens with zero attached hydrogens (tertiary/aromatic N) is 2. The number of hydrogen-bond acceptors (Lipinski definition) is 4. The summed E-state index contributed by atoms with van der Waals surface area (Å²) in [5.74, 6) is 1.19. The average molecular weight is 264 g/mol. The van der Waals surface area contributed by atoms with E-state index in [0.717, 1.165) is 57.1 Å². The zero-order valence-corrected chi connectivity index (χ0v) is 11.0. The van der Waals surface area contributed by atoms with Crippen molar-refractivity contribution < 1.29 is 9.53 Å². The van der Waals surface area contributed by atoms with Crippen LogP contribution in [0.1, 0.15) is 34.8 Å². The lowest BCUT2D eigenvalue weighted by Crippen LogP contribution is -2.30. The number of amides is 1. The van der Waals surface area contributed by atoms with Gasteiger partial charge in [-0.05, 0) is 18.8 Å². The highest BCUT2D eigenvalue weighted by molar-refractivity contribution is 5.92. The summed E-state index contributed by atoms with van der Waals surface area (Å²) >= 11 is 0. The van der Waals surface area contributed by atoms with Crippen LogP contribution in [0.5, 0.6) is 0 Å². The zero-order valence-electron chi connectivity index (χ0n) is 11.0. The first-order valence-electron chi connectivity index (χ1n) is 6.92. The number of hydrogen-bond donors (Lipinski definition) is 2. The molecule has 3 heterocycles. The number of nitrogens with two attached hydrogens (primary N) is 1. The molecule has 0 aromatic carbocycles. The number of ether oxygens (including phenoxy) is 1. The Hall–Kier alpha value is -1.40. The van der Waals surface area contributed by atoms with Crippen molar-refractivity contribution in [2.24, 2.45) is 11.7 Å². The predicted molar refractivity (Wildman–Crippen MR) is 69.7 cm³/mol. The molecule has 0 saturated carbocycles. The average Bonchev–Trinajstić information content (AvgIpc) is 2.79. The van der Waals surface area contributed by atoms with Gasteiger partial charge in [0.25, 0.3) is 5.91 Å². The lowest BCUT2D eigenvalue weighted by Gasteiger charge is -2.23. The van der Waals surface area contributed by atoms with Crippen LogP contribution >= 0.6 is 0 Å². The number of carbonyl (C=O) groups excluding carboxylic acids is 1. The monoisotopic (exact) mass is 264 g/mol. The van der Waals surface area contributed by atoms with E-state index in [2.05, 4.69) is 14.9 Å². The molecular formula is C13H20N4O2. The second-order valence-electron chi connectivity index (χ2n) is 5.28. The van der Waals surface area contributed by atoms with Crippen LogP contribution in [0.4, 0.5) is 0 Å². The van der Waals surface area contributed by atoms with Gasteiger partial charge >= 0.3 is 0 Å². The summed E-state index contributed by atoms with van der Waals surface area (Å²) in [5, 5.41) is 3.26. The standard InChI is InChI=1S/C13H20N4O2/c14-13(18)12-10-8-15-3-4-17(10)11(16-12)7-9-1-5-19-6-2-9/h9,15H,1-8H2,(H2,14,18). The summed E-state index contributed by atoms with van der Waals surface area (Å²) < 4.78 is 7.55. The van der Waals surface area contributed by atoms with E-state index >= 15 is 0 Å². The molecule has 0 spiro atoms. The number of carbonyl (C=O) groups is 1. The molecule has 0 unspecified atom stereocenters. The van der Waals surface area contributed by atoms with Crippen molar-refractivity contribution in [2.45, 2.75) is 32.4 Å². The molecule has 0 bridgehead atoms. The van der Waals surface area contributed by atoms with Crippen LogP contribution in [0, 0.1) is 5.92 Å². The predicted octanol–water partition coefficient (Wildman–Crippen LogP) is 0.0543. The SMILES string of the molecule is NC(=O)c1nc(CC2CCOCC2)n2c1CNCC2. The molecule has 1 amide bonds. The van der Waals surface area contributed by atoms with Gasteiger partial charge in [-0.15, -0.1) is 0 Å². The summed E-state index contributed by atoms with van der Waals surface area (Å²) in [6, 6.07) is 0. The van der Waals surface area contributed by atoms with Gasteiger partial charge < -0.3 is 20.4 Å². The summed E-state index contributed by atoms with van der Waals surface area (Å²) in [4.78, 5) is 16.0. The van der Waals surface area contributed by atoms with E-state index in [-0.39, 0.29) is 0 Å². The molecule has 104 valence electrons. The van der Waals surface area contributed by atoms with Gasteiger partial charge in [0.15, 0.2) is 5.69 Å². The van der Waals surface area contributed by atoms with Crippen LogP contribution in [-0.4, -0.2) is 35.2 Å². The third-order valence-corrected chi connectivity index (χ3v) is 4.00. The number of primary amides is 1. The maximum Gasteiger partial charge on any atom is 0.269 e. The van der Waals surface area contributed by atoms with Crippen molar-refractivity contribution >= 4 is 5.91 Å². The van der Waals surface area contributed by atoms with Gasteiger partial charge in [-0.25, -0.2) is 4.98 Å². The van der Waals surface area contributed by atoms with Gasteiger partial charge in [-0.2, -0.15) is 0 Å². The Morgan fingerprint density at radius 2 is 2.26 bits per heavy atom. The van der Waals surface area contributed by atoms with E-state index in [9.17, 15) is 4.79 Å². The molecule has 1 saturated heterocycles. The second-order valence-corrected chi connectivity index (χ2v) is 5.28. The van der Waals surface area contributed by atoms with E-state index in [1.807, 2.05) is 0 Å². The lowest BCUT2D eigenvalue weighted by atomic mass is 9.96. The number of nitrogens with one attached hydrogen (secondary N) is 1. The number of fused-ring (bicyclic) bond motifs is 1. The van der Waals surface area contributed by atoms with Crippen molar-refractivity contribution in [3.05, 3.63) is 17.2 Å². The van der Waals surface area contributed by atoms with Crippen LogP contribution in [0.25, 0.3) is 0 Å². The third kappa shape index (κ3) is 2.50. The summed E-state index contributed by atoms with van der Waals surface area (Å²) in [7, 11) is 0. The van der Waals surface area contributed by atoms with Crippen molar-refractivity contribution in [3.8, 4) is 0 Å². The van der Waals surface area contributed by atoms with E-state index in [4.69, 9.17) is 10.5 Å². The third-order valence-electron chi connectivity index (χ3n) is 4.00. The molecule has 1 aromatic rings. The fourth-order valence-electron chi connectivity index (χ4n) is 2.94. The second kappa shape index (κ2) is 5.30. The molecule has 0 atom stereocenters. The Bertz CT molecular complexity index is 477. The molecule has 6 heteroatoms. The van der Waals surface area contributed by atoms with Crippen molar-refractivity contribution in [1.29, 1.82) is 0 Å². The highest BCUT2D eigenvalue weighted by Crippen LogP contribution is 2.22. The van der Waals surface area contributed by atoms with Crippen molar-refractivity contribution in [2.75, 3.05) is 19.8 Å². The maximum atomic E-state index is 11.5. The van der Waals surface area contributed by atoms with Gasteiger partial charge in [0.05, 0.1) is 5.69 Å². The first kappa shape index (κ1) is 12.6.